The van der Waals surface area contributed by atoms with Crippen LogP contribution in [0.15, 0.2) is 0 Å². The molecule has 0 bridgehead atoms. The van der Waals surface area contributed by atoms with Gasteiger partial charge in [0.15, 0.2) is 0 Å². The molecule has 0 aromatic rings. The first kappa shape index (κ1) is 11.3. The number of rotatable bonds is 6. The smallest absolute Gasteiger partial charge is 0.104 e. The molecule has 2 rings (SSSR count). The number of nitrogens with zero attached hydrogens (tertiary/aromatic N) is 1. The molecule has 2 aliphatic rings. The summed E-state index contributed by atoms with van der Waals surface area (Å²) < 4.78 is 5.12. The van der Waals surface area contributed by atoms with Crippen molar-refractivity contribution in [3.05, 3.63) is 0 Å². The van der Waals surface area contributed by atoms with E-state index in [0.29, 0.717) is 11.3 Å². The van der Waals surface area contributed by atoms with E-state index in [0.717, 1.165) is 25.4 Å². The Balaban J connectivity index is 1.66. The maximum Gasteiger partial charge on any atom is 0.104 e. The second-order valence-corrected chi connectivity index (χ2v) is 6.05. The lowest BCUT2D eigenvalue weighted by Crippen LogP contribution is -2.43. The molecule has 84 valence electrons. The maximum absolute atomic E-state index is 9.15. The molecule has 0 aromatic heterocycles. The van der Waals surface area contributed by atoms with E-state index in [-0.39, 0.29) is 5.54 Å². The average molecular weight is 226 g/mol. The molecule has 1 saturated carbocycles. The minimum atomic E-state index is -0.321. The first-order valence-electron chi connectivity index (χ1n) is 5.60. The summed E-state index contributed by atoms with van der Waals surface area (Å²) in [5.41, 5.74) is -0.321. The first-order chi connectivity index (χ1) is 7.22. The fourth-order valence-corrected chi connectivity index (χ4v) is 2.82. The van der Waals surface area contributed by atoms with Gasteiger partial charge in [-0.25, -0.2) is 0 Å². The lowest BCUT2D eigenvalue weighted by atomic mass is 10.0. The van der Waals surface area contributed by atoms with Crippen LogP contribution in [-0.4, -0.2) is 35.8 Å². The van der Waals surface area contributed by atoms with Gasteiger partial charge in [-0.1, -0.05) is 0 Å². The summed E-state index contributed by atoms with van der Waals surface area (Å²) in [6.07, 6.45) is 3.41. The number of ether oxygens (including phenoxy) is 1. The van der Waals surface area contributed by atoms with Crippen molar-refractivity contribution < 1.29 is 4.74 Å². The van der Waals surface area contributed by atoms with Crippen molar-refractivity contribution >= 4 is 11.8 Å². The summed E-state index contributed by atoms with van der Waals surface area (Å²) >= 11 is 1.94. The van der Waals surface area contributed by atoms with Crippen molar-refractivity contribution in [2.75, 3.05) is 19.0 Å². The normalized spacial score (nSPS) is 25.3. The third-order valence-electron chi connectivity index (χ3n) is 2.91. The van der Waals surface area contributed by atoms with Crippen LogP contribution in [0.3, 0.4) is 0 Å². The minimum absolute atomic E-state index is 0.321. The molecular formula is C11H18N2OS. The summed E-state index contributed by atoms with van der Waals surface area (Å²) in [5.74, 6) is 1.05. The van der Waals surface area contributed by atoms with Gasteiger partial charge in [0.2, 0.25) is 0 Å². The molecule has 2 fully saturated rings. The molecule has 4 heteroatoms. The highest BCUT2D eigenvalue weighted by molar-refractivity contribution is 8.00. The Hall–Kier alpha value is -0.240. The Morgan fingerprint density at radius 1 is 1.53 bits per heavy atom. The second-order valence-electron chi connectivity index (χ2n) is 4.64. The van der Waals surface area contributed by atoms with Crippen molar-refractivity contribution in [2.45, 2.75) is 43.0 Å². The Labute approximate surface area is 95.6 Å². The fourth-order valence-electron chi connectivity index (χ4n) is 1.58. The molecule has 1 aliphatic heterocycles. The fraction of sp³-hybridized carbons (Fsp3) is 0.909. The molecule has 1 atom stereocenters. The molecule has 1 heterocycles. The summed E-state index contributed by atoms with van der Waals surface area (Å²) in [6.45, 7) is 3.80. The molecule has 1 saturated heterocycles. The van der Waals surface area contributed by atoms with E-state index in [1.54, 1.807) is 0 Å². The molecule has 3 nitrogen and oxygen atoms in total. The molecule has 15 heavy (non-hydrogen) atoms. The number of thioether (sulfide) groups is 1. The third kappa shape index (κ3) is 3.37. The van der Waals surface area contributed by atoms with Crippen LogP contribution in [0.25, 0.3) is 0 Å². The van der Waals surface area contributed by atoms with E-state index in [2.05, 4.69) is 11.4 Å². The zero-order valence-corrected chi connectivity index (χ0v) is 9.98. The zero-order valence-electron chi connectivity index (χ0n) is 9.16. The zero-order chi connectivity index (χ0) is 10.7. The number of nitriles is 1. The van der Waals surface area contributed by atoms with Gasteiger partial charge in [0, 0.05) is 6.04 Å². The lowest BCUT2D eigenvalue weighted by Gasteiger charge is -2.28. The van der Waals surface area contributed by atoms with Gasteiger partial charge in [-0.3, -0.25) is 5.32 Å². The topological polar surface area (TPSA) is 45.0 Å². The van der Waals surface area contributed by atoms with Crippen LogP contribution >= 0.6 is 11.8 Å². The largest absolute Gasteiger partial charge is 0.379 e. The molecule has 0 amide bonds. The molecule has 0 spiro atoms. The van der Waals surface area contributed by atoms with Crippen molar-refractivity contribution in [3.63, 3.8) is 0 Å². The molecule has 0 aromatic carbocycles. The Morgan fingerprint density at radius 3 is 2.73 bits per heavy atom. The van der Waals surface area contributed by atoms with Crippen molar-refractivity contribution in [1.29, 1.82) is 5.26 Å². The quantitative estimate of drug-likeness (QED) is 0.746. The van der Waals surface area contributed by atoms with Crippen LogP contribution in [-0.2, 0) is 4.74 Å². The van der Waals surface area contributed by atoms with Crippen LogP contribution < -0.4 is 5.32 Å². The predicted octanol–water partition coefficient (Wildman–Crippen LogP) is 1.54. The minimum Gasteiger partial charge on any atom is -0.379 e. The summed E-state index contributed by atoms with van der Waals surface area (Å²) in [7, 11) is 0. The second kappa shape index (κ2) is 4.73. The molecule has 0 radical (unpaired) electrons. The third-order valence-corrected chi connectivity index (χ3v) is 4.09. The highest BCUT2D eigenvalue weighted by atomic mass is 32.2. The van der Waals surface area contributed by atoms with E-state index < -0.39 is 0 Å². The Kier molecular flexibility index (Phi) is 3.55. The first-order valence-corrected chi connectivity index (χ1v) is 6.65. The van der Waals surface area contributed by atoms with E-state index in [1.807, 2.05) is 18.7 Å². The van der Waals surface area contributed by atoms with Gasteiger partial charge in [-0.2, -0.15) is 17.0 Å². The van der Waals surface area contributed by atoms with E-state index in [1.165, 1.54) is 12.8 Å². The van der Waals surface area contributed by atoms with Crippen molar-refractivity contribution in [2.24, 2.45) is 0 Å². The highest BCUT2D eigenvalue weighted by Gasteiger charge is 2.32. The van der Waals surface area contributed by atoms with Gasteiger partial charge in [-0.05, 0) is 31.9 Å². The van der Waals surface area contributed by atoms with Gasteiger partial charge in [0.25, 0.3) is 0 Å². The molecular weight excluding hydrogens is 208 g/mol. The van der Waals surface area contributed by atoms with Crippen LogP contribution in [0, 0.1) is 11.3 Å². The Bertz CT molecular complexity index is 258. The van der Waals surface area contributed by atoms with Gasteiger partial charge in [0.1, 0.15) is 5.54 Å². The van der Waals surface area contributed by atoms with E-state index in [9.17, 15) is 0 Å². The number of hydrogen-bond acceptors (Lipinski definition) is 4. The highest BCUT2D eigenvalue weighted by Crippen LogP contribution is 2.26. The van der Waals surface area contributed by atoms with Crippen LogP contribution in [0.5, 0.6) is 0 Å². The number of hydrogen-bond donors (Lipinski definition) is 1. The van der Waals surface area contributed by atoms with Crippen LogP contribution in [0.1, 0.15) is 26.2 Å². The van der Waals surface area contributed by atoms with Crippen molar-refractivity contribution in [3.8, 4) is 6.07 Å². The van der Waals surface area contributed by atoms with E-state index in [4.69, 9.17) is 10.00 Å². The van der Waals surface area contributed by atoms with Crippen LogP contribution in [0.2, 0.25) is 0 Å². The summed E-state index contributed by atoms with van der Waals surface area (Å²) in [5, 5.41) is 13.2. The van der Waals surface area contributed by atoms with Crippen molar-refractivity contribution in [1.82, 2.24) is 5.32 Å². The average Bonchev–Trinajstić information content (AvgIpc) is 2.93. The van der Waals surface area contributed by atoms with Gasteiger partial charge in [-0.15, -0.1) is 0 Å². The number of nitrogens with one attached hydrogen (secondary N) is 1. The summed E-state index contributed by atoms with van der Waals surface area (Å²) in [4.78, 5) is 0. The summed E-state index contributed by atoms with van der Waals surface area (Å²) in [6, 6.07) is 3.01. The standard InChI is InChI=1S/C11H18N2OS/c1-11(8-12,13-9-2-3-9)4-5-15-10-6-14-7-10/h9-10,13H,2-7H2,1H3. The van der Waals surface area contributed by atoms with Gasteiger partial charge < -0.3 is 4.74 Å². The SMILES string of the molecule is CC(C#N)(CCSC1COC1)NC1CC1. The van der Waals surface area contributed by atoms with Crippen LogP contribution in [0.4, 0.5) is 0 Å². The lowest BCUT2D eigenvalue weighted by molar-refractivity contribution is 0.0455. The van der Waals surface area contributed by atoms with Gasteiger partial charge >= 0.3 is 0 Å². The van der Waals surface area contributed by atoms with E-state index >= 15 is 0 Å². The molecule has 1 N–H and O–H groups in total. The monoisotopic (exact) mass is 226 g/mol. The Morgan fingerprint density at radius 2 is 2.27 bits per heavy atom. The predicted molar refractivity (Wildman–Crippen MR) is 61.9 cm³/mol. The molecule has 1 unspecified atom stereocenters. The molecule has 1 aliphatic carbocycles. The van der Waals surface area contributed by atoms with Gasteiger partial charge in [0.05, 0.1) is 24.5 Å². The maximum atomic E-state index is 9.15.